The summed E-state index contributed by atoms with van der Waals surface area (Å²) >= 11 is 0. The summed E-state index contributed by atoms with van der Waals surface area (Å²) in [6, 6.07) is 16.7. The summed E-state index contributed by atoms with van der Waals surface area (Å²) < 4.78 is 0. The van der Waals surface area contributed by atoms with Crippen molar-refractivity contribution in [3.8, 4) is 5.75 Å². The third kappa shape index (κ3) is 6.40. The number of benzene rings is 2. The van der Waals surface area contributed by atoms with Crippen molar-refractivity contribution in [1.82, 2.24) is 15.6 Å². The van der Waals surface area contributed by atoms with Crippen molar-refractivity contribution in [1.29, 1.82) is 0 Å². The third-order valence-corrected chi connectivity index (χ3v) is 4.44. The van der Waals surface area contributed by atoms with E-state index in [1.54, 1.807) is 67.0 Å². The molecular formula is C23H22N4O4. The molecule has 0 aliphatic heterocycles. The highest BCUT2D eigenvalue weighted by Gasteiger charge is 2.17. The largest absolute Gasteiger partial charge is 0.508 e. The number of anilines is 1. The molecule has 0 spiro atoms. The fourth-order valence-corrected chi connectivity index (χ4v) is 2.81. The van der Waals surface area contributed by atoms with E-state index in [0.29, 0.717) is 6.42 Å². The normalized spacial score (nSPS) is 10.2. The predicted octanol–water partition coefficient (Wildman–Crippen LogP) is 2.01. The minimum Gasteiger partial charge on any atom is -0.508 e. The van der Waals surface area contributed by atoms with Gasteiger partial charge in [-0.25, -0.2) is 0 Å². The zero-order valence-electron chi connectivity index (χ0n) is 16.7. The average molecular weight is 418 g/mol. The van der Waals surface area contributed by atoms with E-state index >= 15 is 0 Å². The molecule has 0 atom stereocenters. The molecule has 8 heteroatoms. The Hall–Kier alpha value is -4.20. The minimum atomic E-state index is -0.863. The number of aromatic nitrogens is 1. The van der Waals surface area contributed by atoms with Gasteiger partial charge in [0.2, 0.25) is 0 Å². The van der Waals surface area contributed by atoms with Gasteiger partial charge in [0.1, 0.15) is 5.75 Å². The second kappa shape index (κ2) is 10.5. The van der Waals surface area contributed by atoms with Crippen LogP contribution in [0.4, 0.5) is 5.69 Å². The summed E-state index contributed by atoms with van der Waals surface area (Å²) in [5.41, 5.74) is 2.24. The van der Waals surface area contributed by atoms with Crippen molar-refractivity contribution in [2.45, 2.75) is 13.0 Å². The second-order valence-corrected chi connectivity index (χ2v) is 6.72. The Bertz CT molecular complexity index is 1050. The zero-order chi connectivity index (χ0) is 22.1. The van der Waals surface area contributed by atoms with Crippen LogP contribution in [-0.2, 0) is 22.6 Å². The van der Waals surface area contributed by atoms with Crippen LogP contribution in [0.1, 0.15) is 21.5 Å². The number of aromatic hydroxyl groups is 1. The number of carbonyl (C=O) groups is 3. The van der Waals surface area contributed by atoms with Crippen LogP contribution in [0.3, 0.4) is 0 Å². The number of phenols is 1. The number of carbonyl (C=O) groups excluding carboxylic acids is 3. The van der Waals surface area contributed by atoms with Gasteiger partial charge in [-0.05, 0) is 47.9 Å². The summed E-state index contributed by atoms with van der Waals surface area (Å²) in [5, 5.41) is 17.1. The van der Waals surface area contributed by atoms with Gasteiger partial charge in [0.05, 0.1) is 11.3 Å². The first-order valence-electron chi connectivity index (χ1n) is 9.66. The summed E-state index contributed by atoms with van der Waals surface area (Å²) in [7, 11) is 0. The number of pyridine rings is 1. The molecule has 0 saturated carbocycles. The van der Waals surface area contributed by atoms with Gasteiger partial charge in [-0.3, -0.25) is 19.4 Å². The smallest absolute Gasteiger partial charge is 0.313 e. The van der Waals surface area contributed by atoms with Crippen LogP contribution in [0.5, 0.6) is 5.75 Å². The number of hydrogen-bond donors (Lipinski definition) is 4. The van der Waals surface area contributed by atoms with Crippen LogP contribution < -0.4 is 16.0 Å². The van der Waals surface area contributed by atoms with Gasteiger partial charge in [0, 0.05) is 25.5 Å². The highest BCUT2D eigenvalue weighted by Crippen LogP contribution is 2.15. The molecule has 0 unspecified atom stereocenters. The molecule has 0 bridgehead atoms. The van der Waals surface area contributed by atoms with E-state index in [9.17, 15) is 19.5 Å². The fraction of sp³-hybridized carbons (Fsp3) is 0.130. The summed E-state index contributed by atoms with van der Waals surface area (Å²) in [6.07, 6.45) is 3.80. The van der Waals surface area contributed by atoms with Gasteiger partial charge in [-0.15, -0.1) is 0 Å². The number of nitrogens with one attached hydrogen (secondary N) is 3. The van der Waals surface area contributed by atoms with Crippen LogP contribution >= 0.6 is 0 Å². The molecule has 2 aromatic carbocycles. The maximum absolute atomic E-state index is 12.5. The van der Waals surface area contributed by atoms with E-state index in [1.807, 2.05) is 6.07 Å². The van der Waals surface area contributed by atoms with Gasteiger partial charge in [0.15, 0.2) is 0 Å². The molecule has 0 saturated heterocycles. The van der Waals surface area contributed by atoms with Crippen LogP contribution in [0.25, 0.3) is 0 Å². The third-order valence-electron chi connectivity index (χ3n) is 4.44. The molecule has 31 heavy (non-hydrogen) atoms. The lowest BCUT2D eigenvalue weighted by molar-refractivity contribution is -0.136. The first-order chi connectivity index (χ1) is 15.0. The second-order valence-electron chi connectivity index (χ2n) is 6.72. The van der Waals surface area contributed by atoms with Crippen molar-refractivity contribution in [3.05, 3.63) is 89.7 Å². The molecule has 8 nitrogen and oxygen atoms in total. The molecule has 0 radical (unpaired) electrons. The van der Waals surface area contributed by atoms with E-state index in [1.165, 1.54) is 0 Å². The molecule has 4 N–H and O–H groups in total. The molecule has 158 valence electrons. The minimum absolute atomic E-state index is 0.162. The first kappa shape index (κ1) is 21.5. The molecule has 3 aromatic rings. The number of hydrogen-bond acceptors (Lipinski definition) is 5. The Morgan fingerprint density at radius 2 is 1.61 bits per heavy atom. The van der Waals surface area contributed by atoms with Crippen molar-refractivity contribution in [2.24, 2.45) is 0 Å². The molecule has 1 aromatic heterocycles. The molecule has 0 fully saturated rings. The number of rotatable bonds is 7. The Morgan fingerprint density at radius 3 is 2.35 bits per heavy atom. The monoisotopic (exact) mass is 418 g/mol. The molecule has 1 heterocycles. The lowest BCUT2D eigenvalue weighted by Crippen LogP contribution is -2.37. The molecule has 0 aliphatic rings. The topological polar surface area (TPSA) is 120 Å². The SMILES string of the molecule is O=C(NCCc1ccc(O)cc1)C(=O)Nc1ccccc1C(=O)NCc1cccnc1. The van der Waals surface area contributed by atoms with Crippen LogP contribution in [0.15, 0.2) is 73.1 Å². The number of phenolic OH excluding ortho intramolecular Hbond substituents is 1. The fourth-order valence-electron chi connectivity index (χ4n) is 2.81. The van der Waals surface area contributed by atoms with E-state index in [4.69, 9.17) is 0 Å². The Morgan fingerprint density at radius 1 is 0.839 bits per heavy atom. The van der Waals surface area contributed by atoms with Crippen LogP contribution in [0.2, 0.25) is 0 Å². The van der Waals surface area contributed by atoms with Crippen molar-refractivity contribution >= 4 is 23.4 Å². The number of para-hydroxylation sites is 1. The quantitative estimate of drug-likeness (QED) is 0.438. The highest BCUT2D eigenvalue weighted by molar-refractivity contribution is 6.40. The van der Waals surface area contributed by atoms with E-state index in [0.717, 1.165) is 11.1 Å². The van der Waals surface area contributed by atoms with Gasteiger partial charge < -0.3 is 21.1 Å². The molecular weight excluding hydrogens is 396 g/mol. The van der Waals surface area contributed by atoms with E-state index < -0.39 is 11.8 Å². The Balaban J connectivity index is 1.53. The lowest BCUT2D eigenvalue weighted by Gasteiger charge is -2.11. The van der Waals surface area contributed by atoms with Gasteiger partial charge in [-0.2, -0.15) is 0 Å². The Labute approximate surface area is 179 Å². The maximum atomic E-state index is 12.5. The van der Waals surface area contributed by atoms with E-state index in [2.05, 4.69) is 20.9 Å². The lowest BCUT2D eigenvalue weighted by atomic mass is 10.1. The number of amides is 3. The van der Waals surface area contributed by atoms with Gasteiger partial charge in [0.25, 0.3) is 5.91 Å². The van der Waals surface area contributed by atoms with Gasteiger partial charge >= 0.3 is 11.8 Å². The molecule has 3 rings (SSSR count). The first-order valence-corrected chi connectivity index (χ1v) is 9.66. The van der Waals surface area contributed by atoms with E-state index in [-0.39, 0.29) is 36.0 Å². The van der Waals surface area contributed by atoms with Gasteiger partial charge in [-0.1, -0.05) is 30.3 Å². The predicted molar refractivity (Wildman–Crippen MR) is 115 cm³/mol. The van der Waals surface area contributed by atoms with Crippen LogP contribution in [0, 0.1) is 0 Å². The number of nitrogens with zero attached hydrogens (tertiary/aromatic N) is 1. The average Bonchev–Trinajstić information content (AvgIpc) is 2.79. The maximum Gasteiger partial charge on any atom is 0.313 e. The Kier molecular flexibility index (Phi) is 7.31. The van der Waals surface area contributed by atoms with Crippen molar-refractivity contribution < 1.29 is 19.5 Å². The molecule has 0 aliphatic carbocycles. The summed E-state index contributed by atoms with van der Waals surface area (Å²) in [6.45, 7) is 0.539. The molecule has 3 amide bonds. The standard InChI is InChI=1S/C23H22N4O4/c28-18-9-7-16(8-10-18)11-13-25-22(30)23(31)27-20-6-2-1-5-19(20)21(29)26-15-17-4-3-12-24-14-17/h1-10,12,14,28H,11,13,15H2,(H,25,30)(H,26,29)(H,27,31). The van der Waals surface area contributed by atoms with Crippen molar-refractivity contribution in [2.75, 3.05) is 11.9 Å². The zero-order valence-corrected chi connectivity index (χ0v) is 16.7. The summed E-state index contributed by atoms with van der Waals surface area (Å²) in [5.74, 6) is -1.88. The van der Waals surface area contributed by atoms with Crippen LogP contribution in [-0.4, -0.2) is 34.4 Å². The van der Waals surface area contributed by atoms with Crippen molar-refractivity contribution in [3.63, 3.8) is 0 Å². The highest BCUT2D eigenvalue weighted by atomic mass is 16.3. The summed E-state index contributed by atoms with van der Waals surface area (Å²) in [4.78, 5) is 40.9.